The Balaban J connectivity index is 2.68. The first-order chi connectivity index (χ1) is 7.85. The van der Waals surface area contributed by atoms with E-state index in [9.17, 15) is 0 Å². The molecule has 2 nitrogen and oxygen atoms in total. The summed E-state index contributed by atoms with van der Waals surface area (Å²) in [6, 6.07) is 6.77. The number of methoxy groups -OCH3 is 1. The van der Waals surface area contributed by atoms with E-state index in [1.165, 1.54) is 16.8 Å². The van der Waals surface area contributed by atoms with Gasteiger partial charge in [-0.15, -0.1) is 0 Å². The first-order valence-electron chi connectivity index (χ1n) is 6.23. The lowest BCUT2D eigenvalue weighted by molar-refractivity contribution is 0.0128. The van der Waals surface area contributed by atoms with Gasteiger partial charge in [-0.3, -0.25) is 0 Å². The smallest absolute Gasteiger partial charge is 0.0642 e. The molecule has 1 aromatic rings. The maximum atomic E-state index is 5.46. The molecule has 1 N–H and O–H groups in total. The Kier molecular flexibility index (Phi) is 4.58. The molecule has 0 aliphatic rings. The number of ether oxygens (including phenoxy) is 1. The highest BCUT2D eigenvalue weighted by atomic mass is 16.5. The van der Waals surface area contributed by atoms with Crippen molar-refractivity contribution in [3.05, 3.63) is 29.3 Å². The monoisotopic (exact) mass is 235 g/mol. The molecular formula is C15H25NO. The van der Waals surface area contributed by atoms with E-state index in [4.69, 9.17) is 4.74 Å². The van der Waals surface area contributed by atoms with Gasteiger partial charge >= 0.3 is 0 Å². The Bertz CT molecular complexity index is 371. The van der Waals surface area contributed by atoms with Crippen LogP contribution in [-0.4, -0.2) is 18.8 Å². The van der Waals surface area contributed by atoms with Gasteiger partial charge < -0.3 is 10.1 Å². The van der Waals surface area contributed by atoms with Crippen LogP contribution in [0.2, 0.25) is 0 Å². The standard InChI is InChI=1S/C15H25NO/c1-11-8-7-9-14(13(11)3)16-12(2)10-15(4,5)17-6/h7-9,12,16H,10H2,1-6H3. The minimum atomic E-state index is -0.0792. The van der Waals surface area contributed by atoms with Gasteiger partial charge in [0.2, 0.25) is 0 Å². The van der Waals surface area contributed by atoms with E-state index in [1.54, 1.807) is 7.11 Å². The summed E-state index contributed by atoms with van der Waals surface area (Å²) < 4.78 is 5.46. The van der Waals surface area contributed by atoms with Crippen molar-refractivity contribution in [1.29, 1.82) is 0 Å². The van der Waals surface area contributed by atoms with Gasteiger partial charge in [0.1, 0.15) is 0 Å². The van der Waals surface area contributed by atoms with E-state index in [-0.39, 0.29) is 5.60 Å². The molecule has 0 saturated heterocycles. The summed E-state index contributed by atoms with van der Waals surface area (Å²) >= 11 is 0. The first-order valence-corrected chi connectivity index (χ1v) is 6.23. The van der Waals surface area contributed by atoms with Crippen LogP contribution in [0.15, 0.2) is 18.2 Å². The number of benzene rings is 1. The molecule has 0 bridgehead atoms. The molecule has 1 unspecified atom stereocenters. The van der Waals surface area contributed by atoms with Crippen LogP contribution in [-0.2, 0) is 4.74 Å². The summed E-state index contributed by atoms with van der Waals surface area (Å²) in [6.07, 6.45) is 0.983. The van der Waals surface area contributed by atoms with Crippen LogP contribution in [0, 0.1) is 13.8 Å². The summed E-state index contributed by atoms with van der Waals surface area (Å²) in [7, 11) is 1.77. The van der Waals surface area contributed by atoms with Crippen LogP contribution < -0.4 is 5.32 Å². The second-order valence-corrected chi connectivity index (χ2v) is 5.46. The molecular weight excluding hydrogens is 210 g/mol. The van der Waals surface area contributed by atoms with Crippen molar-refractivity contribution in [2.45, 2.75) is 52.7 Å². The molecule has 0 spiro atoms. The van der Waals surface area contributed by atoms with Crippen LogP contribution in [0.4, 0.5) is 5.69 Å². The second-order valence-electron chi connectivity index (χ2n) is 5.46. The van der Waals surface area contributed by atoms with Gasteiger partial charge in [-0.25, -0.2) is 0 Å². The third-order valence-electron chi connectivity index (χ3n) is 3.36. The number of hydrogen-bond acceptors (Lipinski definition) is 2. The zero-order chi connectivity index (χ0) is 13.1. The van der Waals surface area contributed by atoms with Crippen LogP contribution in [0.1, 0.15) is 38.3 Å². The molecule has 0 fully saturated rings. The van der Waals surface area contributed by atoms with Crippen LogP contribution >= 0.6 is 0 Å². The summed E-state index contributed by atoms with van der Waals surface area (Å²) in [5.74, 6) is 0. The normalized spacial score (nSPS) is 13.5. The minimum absolute atomic E-state index is 0.0792. The fraction of sp³-hybridized carbons (Fsp3) is 0.600. The van der Waals surface area contributed by atoms with Crippen LogP contribution in [0.3, 0.4) is 0 Å². The Morgan fingerprint density at radius 3 is 2.53 bits per heavy atom. The quantitative estimate of drug-likeness (QED) is 0.835. The first kappa shape index (κ1) is 14.0. The van der Waals surface area contributed by atoms with Crippen LogP contribution in [0.5, 0.6) is 0 Å². The van der Waals surface area contributed by atoms with E-state index >= 15 is 0 Å². The van der Waals surface area contributed by atoms with Crippen LogP contribution in [0.25, 0.3) is 0 Å². The molecule has 0 heterocycles. The van der Waals surface area contributed by atoms with Gasteiger partial charge in [-0.1, -0.05) is 12.1 Å². The van der Waals surface area contributed by atoms with Gasteiger partial charge in [0.25, 0.3) is 0 Å². The molecule has 2 heteroatoms. The van der Waals surface area contributed by atoms with Crippen molar-refractivity contribution < 1.29 is 4.74 Å². The summed E-state index contributed by atoms with van der Waals surface area (Å²) in [5, 5.41) is 3.56. The SMILES string of the molecule is COC(C)(C)CC(C)Nc1cccc(C)c1C. The molecule has 1 rings (SSSR count). The fourth-order valence-electron chi connectivity index (χ4n) is 2.04. The minimum Gasteiger partial charge on any atom is -0.382 e. The van der Waals surface area contributed by atoms with Gasteiger partial charge in [-0.05, 0) is 58.2 Å². The Hall–Kier alpha value is -1.02. The largest absolute Gasteiger partial charge is 0.382 e. The third kappa shape index (κ3) is 4.04. The van der Waals surface area contributed by atoms with E-state index < -0.39 is 0 Å². The summed E-state index contributed by atoms with van der Waals surface area (Å²) in [5.41, 5.74) is 3.80. The van der Waals surface area contributed by atoms with Crippen molar-refractivity contribution in [2.24, 2.45) is 0 Å². The lowest BCUT2D eigenvalue weighted by Crippen LogP contribution is -2.31. The highest BCUT2D eigenvalue weighted by Gasteiger charge is 2.20. The molecule has 0 aliphatic heterocycles. The summed E-state index contributed by atoms with van der Waals surface area (Å²) in [4.78, 5) is 0. The van der Waals surface area contributed by atoms with E-state index in [0.717, 1.165) is 6.42 Å². The number of aryl methyl sites for hydroxylation is 1. The highest BCUT2D eigenvalue weighted by Crippen LogP contribution is 2.22. The molecule has 96 valence electrons. The predicted molar refractivity (Wildman–Crippen MR) is 74.7 cm³/mol. The second kappa shape index (κ2) is 5.54. The van der Waals surface area contributed by atoms with Gasteiger partial charge in [0.15, 0.2) is 0 Å². The third-order valence-corrected chi connectivity index (χ3v) is 3.36. The van der Waals surface area contributed by atoms with Crippen molar-refractivity contribution in [3.63, 3.8) is 0 Å². The maximum Gasteiger partial charge on any atom is 0.0642 e. The van der Waals surface area contributed by atoms with Crippen molar-refractivity contribution >= 4 is 5.69 Å². The average molecular weight is 235 g/mol. The maximum absolute atomic E-state index is 5.46. The molecule has 0 radical (unpaired) electrons. The van der Waals surface area contributed by atoms with Crippen molar-refractivity contribution in [3.8, 4) is 0 Å². The Morgan fingerprint density at radius 1 is 1.29 bits per heavy atom. The number of hydrogen-bond donors (Lipinski definition) is 1. The van der Waals surface area contributed by atoms with E-state index in [0.29, 0.717) is 6.04 Å². The zero-order valence-corrected chi connectivity index (χ0v) is 11.9. The lowest BCUT2D eigenvalue weighted by atomic mass is 9.99. The number of anilines is 1. The molecule has 17 heavy (non-hydrogen) atoms. The van der Waals surface area contributed by atoms with Gasteiger partial charge in [0.05, 0.1) is 5.60 Å². The molecule has 0 amide bonds. The van der Waals surface area contributed by atoms with E-state index in [1.807, 2.05) is 0 Å². The van der Waals surface area contributed by atoms with E-state index in [2.05, 4.69) is 58.1 Å². The molecule has 1 aromatic carbocycles. The van der Waals surface area contributed by atoms with Crippen molar-refractivity contribution in [2.75, 3.05) is 12.4 Å². The molecule has 1 atom stereocenters. The topological polar surface area (TPSA) is 21.3 Å². The summed E-state index contributed by atoms with van der Waals surface area (Å²) in [6.45, 7) is 10.7. The number of rotatable bonds is 5. The molecule has 0 aromatic heterocycles. The fourth-order valence-corrected chi connectivity index (χ4v) is 2.04. The Morgan fingerprint density at radius 2 is 1.94 bits per heavy atom. The molecule has 0 aliphatic carbocycles. The van der Waals surface area contributed by atoms with Gasteiger partial charge in [0, 0.05) is 18.8 Å². The lowest BCUT2D eigenvalue weighted by Gasteiger charge is -2.28. The average Bonchev–Trinajstić information content (AvgIpc) is 2.24. The Labute approximate surface area is 105 Å². The highest BCUT2D eigenvalue weighted by molar-refractivity contribution is 5.54. The van der Waals surface area contributed by atoms with Crippen molar-refractivity contribution in [1.82, 2.24) is 0 Å². The predicted octanol–water partition coefficient (Wildman–Crippen LogP) is 3.92. The number of nitrogens with one attached hydrogen (secondary N) is 1. The zero-order valence-electron chi connectivity index (χ0n) is 11.9. The van der Waals surface area contributed by atoms with Gasteiger partial charge in [-0.2, -0.15) is 0 Å². The molecule has 0 saturated carbocycles.